The fraction of sp³-hybridized carbons (Fsp3) is 0.667. The molecule has 4 heteroatoms. The summed E-state index contributed by atoms with van der Waals surface area (Å²) in [5.74, 6) is -0.408. The highest BCUT2D eigenvalue weighted by atomic mass is 16.5. The van der Waals surface area contributed by atoms with Crippen molar-refractivity contribution >= 4 is 12.4 Å². The van der Waals surface area contributed by atoms with Crippen molar-refractivity contribution in [2.75, 3.05) is 14.2 Å². The highest BCUT2D eigenvalue weighted by Crippen LogP contribution is 1.93. The first-order valence-electron chi connectivity index (χ1n) is 2.88. The van der Waals surface area contributed by atoms with Gasteiger partial charge in [0.1, 0.15) is 6.04 Å². The molecular weight excluding hydrogens is 134 g/mol. The van der Waals surface area contributed by atoms with E-state index >= 15 is 0 Å². The largest absolute Gasteiger partial charge is 0.467 e. The Morgan fingerprint density at radius 3 is 2.50 bits per heavy atom. The molecule has 58 valence electrons. The van der Waals surface area contributed by atoms with Gasteiger partial charge in [0, 0.05) is 7.05 Å². The summed E-state index contributed by atoms with van der Waals surface area (Å²) in [6.07, 6.45) is 0.585. The van der Waals surface area contributed by atoms with Crippen LogP contribution in [0.2, 0.25) is 0 Å². The number of ether oxygens (including phenoxy) is 1. The molecule has 0 aromatic rings. The molecule has 0 saturated carbocycles. The molecule has 0 N–H and O–H groups in total. The first-order chi connectivity index (χ1) is 4.63. The van der Waals surface area contributed by atoms with Gasteiger partial charge in [-0.15, -0.1) is 0 Å². The minimum Gasteiger partial charge on any atom is -0.467 e. The van der Waals surface area contributed by atoms with E-state index in [0.29, 0.717) is 6.41 Å². The molecule has 1 amide bonds. The van der Waals surface area contributed by atoms with Crippen LogP contribution in [-0.4, -0.2) is 37.5 Å². The zero-order valence-corrected chi connectivity index (χ0v) is 6.33. The van der Waals surface area contributed by atoms with Gasteiger partial charge in [0.15, 0.2) is 0 Å². The smallest absolute Gasteiger partial charge is 0.328 e. The second kappa shape index (κ2) is 3.87. The maximum absolute atomic E-state index is 10.7. The SMILES string of the molecule is COC(=O)[C@H](C)N(C)C=O. The molecular formula is C6H11NO3. The summed E-state index contributed by atoms with van der Waals surface area (Å²) in [6, 6.07) is -0.498. The Bertz CT molecular complexity index is 135. The van der Waals surface area contributed by atoms with Gasteiger partial charge in [-0.05, 0) is 6.92 Å². The number of hydrogen-bond donors (Lipinski definition) is 0. The summed E-state index contributed by atoms with van der Waals surface area (Å²) in [5.41, 5.74) is 0. The molecule has 0 aromatic carbocycles. The summed E-state index contributed by atoms with van der Waals surface area (Å²) in [6.45, 7) is 1.60. The average molecular weight is 145 g/mol. The highest BCUT2D eigenvalue weighted by molar-refractivity contribution is 5.77. The first kappa shape index (κ1) is 8.94. The molecule has 0 aliphatic rings. The van der Waals surface area contributed by atoms with Gasteiger partial charge in [-0.1, -0.05) is 0 Å². The predicted octanol–water partition coefficient (Wildman–Crippen LogP) is -0.364. The van der Waals surface area contributed by atoms with E-state index in [1.165, 1.54) is 19.1 Å². The minimum atomic E-state index is -0.498. The molecule has 0 heterocycles. The van der Waals surface area contributed by atoms with Crippen molar-refractivity contribution in [2.24, 2.45) is 0 Å². The van der Waals surface area contributed by atoms with Crippen molar-refractivity contribution in [2.45, 2.75) is 13.0 Å². The van der Waals surface area contributed by atoms with E-state index in [4.69, 9.17) is 0 Å². The van der Waals surface area contributed by atoms with Gasteiger partial charge in [0.2, 0.25) is 6.41 Å². The lowest BCUT2D eigenvalue weighted by Crippen LogP contribution is -2.35. The molecule has 0 spiro atoms. The lowest BCUT2D eigenvalue weighted by atomic mass is 10.3. The predicted molar refractivity (Wildman–Crippen MR) is 35.3 cm³/mol. The van der Waals surface area contributed by atoms with E-state index in [2.05, 4.69) is 4.74 Å². The normalized spacial score (nSPS) is 11.9. The Kier molecular flexibility index (Phi) is 3.46. The second-order valence-electron chi connectivity index (χ2n) is 1.97. The molecule has 0 rings (SSSR count). The van der Waals surface area contributed by atoms with Crippen molar-refractivity contribution in [3.8, 4) is 0 Å². The molecule has 1 atom stereocenters. The Balaban J connectivity index is 3.93. The van der Waals surface area contributed by atoms with E-state index < -0.39 is 12.0 Å². The number of nitrogens with zero attached hydrogens (tertiary/aromatic N) is 1. The monoisotopic (exact) mass is 145 g/mol. The van der Waals surface area contributed by atoms with Crippen LogP contribution in [0.5, 0.6) is 0 Å². The Labute approximate surface area is 59.8 Å². The summed E-state index contributed by atoms with van der Waals surface area (Å²) in [7, 11) is 2.81. The third-order valence-electron chi connectivity index (χ3n) is 1.32. The van der Waals surface area contributed by atoms with Crippen LogP contribution in [0.4, 0.5) is 0 Å². The number of rotatable bonds is 3. The number of likely N-dealkylation sites (N-methyl/N-ethyl adjacent to an activating group) is 1. The third kappa shape index (κ3) is 2.05. The number of carbonyl (C=O) groups excluding carboxylic acids is 2. The van der Waals surface area contributed by atoms with Gasteiger partial charge >= 0.3 is 5.97 Å². The molecule has 4 nitrogen and oxygen atoms in total. The highest BCUT2D eigenvalue weighted by Gasteiger charge is 2.15. The first-order valence-corrected chi connectivity index (χ1v) is 2.88. The van der Waals surface area contributed by atoms with E-state index in [1.807, 2.05) is 0 Å². The maximum atomic E-state index is 10.7. The van der Waals surface area contributed by atoms with Crippen molar-refractivity contribution in [1.82, 2.24) is 4.90 Å². The molecule has 0 aliphatic heterocycles. The summed E-state index contributed by atoms with van der Waals surface area (Å²) in [4.78, 5) is 22.0. The van der Waals surface area contributed by atoms with Crippen LogP contribution < -0.4 is 0 Å². The summed E-state index contributed by atoms with van der Waals surface area (Å²) in [5, 5.41) is 0. The zero-order chi connectivity index (χ0) is 8.15. The number of esters is 1. The number of carbonyl (C=O) groups is 2. The topological polar surface area (TPSA) is 46.6 Å². The fourth-order valence-corrected chi connectivity index (χ4v) is 0.428. The lowest BCUT2D eigenvalue weighted by Gasteiger charge is -2.16. The van der Waals surface area contributed by atoms with Gasteiger partial charge in [0.25, 0.3) is 0 Å². The van der Waals surface area contributed by atoms with Gasteiger partial charge in [-0.2, -0.15) is 0 Å². The minimum absolute atomic E-state index is 0.408. The van der Waals surface area contributed by atoms with Crippen LogP contribution >= 0.6 is 0 Å². The van der Waals surface area contributed by atoms with Crippen LogP contribution in [0.3, 0.4) is 0 Å². The second-order valence-corrected chi connectivity index (χ2v) is 1.97. The molecule has 0 bridgehead atoms. The van der Waals surface area contributed by atoms with Gasteiger partial charge in [-0.25, -0.2) is 4.79 Å². The molecule has 0 unspecified atom stereocenters. The molecule has 0 aromatic heterocycles. The van der Waals surface area contributed by atoms with Crippen molar-refractivity contribution in [1.29, 1.82) is 0 Å². The van der Waals surface area contributed by atoms with Crippen molar-refractivity contribution in [3.63, 3.8) is 0 Å². The molecule has 0 saturated heterocycles. The van der Waals surface area contributed by atoms with Crippen LogP contribution in [-0.2, 0) is 14.3 Å². The Hall–Kier alpha value is -1.06. The maximum Gasteiger partial charge on any atom is 0.328 e. The fourth-order valence-electron chi connectivity index (χ4n) is 0.428. The average Bonchev–Trinajstić information content (AvgIpc) is 2.00. The molecule has 10 heavy (non-hydrogen) atoms. The Morgan fingerprint density at radius 2 is 2.20 bits per heavy atom. The van der Waals surface area contributed by atoms with E-state index in [0.717, 1.165) is 0 Å². The standard InChI is InChI=1S/C6H11NO3/c1-5(6(9)10-3)7(2)4-8/h4-5H,1-3H3/t5-/m0/s1. The van der Waals surface area contributed by atoms with Gasteiger partial charge in [-0.3, -0.25) is 4.79 Å². The van der Waals surface area contributed by atoms with Gasteiger partial charge in [0.05, 0.1) is 7.11 Å². The summed E-state index contributed by atoms with van der Waals surface area (Å²) < 4.78 is 4.40. The van der Waals surface area contributed by atoms with Crippen LogP contribution in [0, 0.1) is 0 Å². The van der Waals surface area contributed by atoms with Crippen LogP contribution in [0.1, 0.15) is 6.92 Å². The number of methoxy groups -OCH3 is 1. The summed E-state index contributed by atoms with van der Waals surface area (Å²) >= 11 is 0. The lowest BCUT2D eigenvalue weighted by molar-refractivity contribution is -0.148. The molecule has 0 fully saturated rings. The molecule has 0 aliphatic carbocycles. The van der Waals surface area contributed by atoms with Crippen molar-refractivity contribution < 1.29 is 14.3 Å². The van der Waals surface area contributed by atoms with Crippen LogP contribution in [0.15, 0.2) is 0 Å². The number of amides is 1. The van der Waals surface area contributed by atoms with E-state index in [9.17, 15) is 9.59 Å². The molecule has 0 radical (unpaired) electrons. The number of hydrogen-bond acceptors (Lipinski definition) is 3. The Morgan fingerprint density at radius 1 is 1.70 bits per heavy atom. The van der Waals surface area contributed by atoms with Crippen LogP contribution in [0.25, 0.3) is 0 Å². The van der Waals surface area contributed by atoms with E-state index in [1.54, 1.807) is 6.92 Å². The van der Waals surface area contributed by atoms with Crippen molar-refractivity contribution in [3.05, 3.63) is 0 Å². The zero-order valence-electron chi connectivity index (χ0n) is 6.33. The van der Waals surface area contributed by atoms with E-state index in [-0.39, 0.29) is 0 Å². The third-order valence-corrected chi connectivity index (χ3v) is 1.32. The quantitative estimate of drug-likeness (QED) is 0.402. The van der Waals surface area contributed by atoms with Gasteiger partial charge < -0.3 is 9.64 Å².